The Bertz CT molecular complexity index is 1030. The molecule has 0 aliphatic rings. The molecule has 0 saturated carbocycles. The van der Waals surface area contributed by atoms with Crippen LogP contribution in [0.15, 0.2) is 66.0 Å². The van der Waals surface area contributed by atoms with E-state index in [0.717, 1.165) is 16.0 Å². The molecular formula is C26H29FN2O2S. The quantitative estimate of drug-likeness (QED) is 0.429. The summed E-state index contributed by atoms with van der Waals surface area (Å²) in [6.07, 6.45) is 0. The second-order valence-corrected chi connectivity index (χ2v) is 9.35. The highest BCUT2D eigenvalue weighted by atomic mass is 32.1. The zero-order chi connectivity index (χ0) is 23.1. The summed E-state index contributed by atoms with van der Waals surface area (Å²) < 4.78 is 13.4. The van der Waals surface area contributed by atoms with Crippen LogP contribution >= 0.6 is 11.3 Å². The van der Waals surface area contributed by atoms with Gasteiger partial charge in [-0.2, -0.15) is 0 Å². The van der Waals surface area contributed by atoms with Crippen molar-refractivity contribution in [2.75, 3.05) is 13.1 Å². The van der Waals surface area contributed by atoms with E-state index < -0.39 is 0 Å². The van der Waals surface area contributed by atoms with Crippen LogP contribution < -0.4 is 0 Å². The summed E-state index contributed by atoms with van der Waals surface area (Å²) in [5.74, 6) is -0.369. The molecule has 0 N–H and O–H groups in total. The average Bonchev–Trinajstić information content (AvgIpc) is 3.18. The molecule has 4 nitrogen and oxygen atoms in total. The molecule has 0 radical (unpaired) electrons. The minimum atomic E-state index is -0.308. The summed E-state index contributed by atoms with van der Waals surface area (Å²) in [7, 11) is 0. The van der Waals surface area contributed by atoms with Crippen molar-refractivity contribution in [2.45, 2.75) is 33.9 Å². The Morgan fingerprint density at radius 3 is 2.22 bits per heavy atom. The average molecular weight is 453 g/mol. The van der Waals surface area contributed by atoms with E-state index in [1.165, 1.54) is 12.1 Å². The molecule has 0 aliphatic carbocycles. The maximum absolute atomic E-state index is 13.4. The number of thiophene rings is 1. The Labute approximate surface area is 193 Å². The topological polar surface area (TPSA) is 40.6 Å². The lowest BCUT2D eigenvalue weighted by atomic mass is 10.1. The summed E-state index contributed by atoms with van der Waals surface area (Å²) in [6, 6.07) is 17.3. The Hall–Kier alpha value is -2.99. The van der Waals surface area contributed by atoms with Gasteiger partial charge in [-0.1, -0.05) is 44.2 Å². The SMILES string of the molecule is Cc1ccsc1CN(Cc1ccc(F)cc1)C(=O)CN(CC(C)C)C(=O)c1ccccc1. The van der Waals surface area contributed by atoms with E-state index in [2.05, 4.69) is 0 Å². The van der Waals surface area contributed by atoms with Gasteiger partial charge in [-0.05, 0) is 59.7 Å². The molecule has 0 saturated heterocycles. The molecule has 2 amide bonds. The summed E-state index contributed by atoms with van der Waals surface area (Å²) in [5.41, 5.74) is 2.55. The predicted octanol–water partition coefficient (Wildman–Crippen LogP) is 5.52. The van der Waals surface area contributed by atoms with Gasteiger partial charge >= 0.3 is 0 Å². The first-order valence-corrected chi connectivity index (χ1v) is 11.6. The Kier molecular flexibility index (Phi) is 8.17. The molecular weight excluding hydrogens is 423 g/mol. The van der Waals surface area contributed by atoms with Crippen LogP contribution in [-0.4, -0.2) is 34.7 Å². The Morgan fingerprint density at radius 1 is 0.938 bits per heavy atom. The van der Waals surface area contributed by atoms with E-state index in [0.29, 0.717) is 25.2 Å². The number of rotatable bonds is 9. The molecule has 0 aliphatic heterocycles. The number of hydrogen-bond acceptors (Lipinski definition) is 3. The Balaban J connectivity index is 1.82. The third kappa shape index (κ3) is 6.50. The van der Waals surface area contributed by atoms with Gasteiger partial charge < -0.3 is 9.80 Å². The fourth-order valence-corrected chi connectivity index (χ4v) is 4.39. The van der Waals surface area contributed by atoms with E-state index in [1.807, 2.05) is 50.4 Å². The molecule has 6 heteroatoms. The number of carbonyl (C=O) groups is 2. The fraction of sp³-hybridized carbons (Fsp3) is 0.308. The monoisotopic (exact) mass is 452 g/mol. The lowest BCUT2D eigenvalue weighted by Gasteiger charge is -2.29. The van der Waals surface area contributed by atoms with E-state index in [9.17, 15) is 14.0 Å². The van der Waals surface area contributed by atoms with Gasteiger partial charge in [0.25, 0.3) is 5.91 Å². The van der Waals surface area contributed by atoms with Crippen LogP contribution in [0.4, 0.5) is 4.39 Å². The van der Waals surface area contributed by atoms with E-state index >= 15 is 0 Å². The van der Waals surface area contributed by atoms with Crippen molar-refractivity contribution in [3.05, 3.63) is 93.4 Å². The molecule has 1 heterocycles. The van der Waals surface area contributed by atoms with Crippen LogP contribution in [0.5, 0.6) is 0 Å². The minimum Gasteiger partial charge on any atom is -0.332 e. The minimum absolute atomic E-state index is 0.00246. The summed E-state index contributed by atoms with van der Waals surface area (Å²) in [5, 5.41) is 2.01. The number of nitrogens with zero attached hydrogens (tertiary/aromatic N) is 2. The number of benzene rings is 2. The standard InChI is InChI=1S/C26H29FN2O2S/c1-19(2)15-29(26(31)22-7-5-4-6-8-22)18-25(30)28(17-24-20(3)13-14-32-24)16-21-9-11-23(27)12-10-21/h4-14,19H,15-18H2,1-3H3. The van der Waals surface area contributed by atoms with Crippen molar-refractivity contribution in [1.29, 1.82) is 0 Å². The fourth-order valence-electron chi connectivity index (χ4n) is 3.47. The van der Waals surface area contributed by atoms with Crippen molar-refractivity contribution < 1.29 is 14.0 Å². The van der Waals surface area contributed by atoms with Crippen LogP contribution in [-0.2, 0) is 17.9 Å². The molecule has 168 valence electrons. The van der Waals surface area contributed by atoms with E-state index in [1.54, 1.807) is 45.4 Å². The third-order valence-corrected chi connectivity index (χ3v) is 6.17. The molecule has 3 rings (SSSR count). The maximum atomic E-state index is 13.4. The van der Waals surface area contributed by atoms with Crippen molar-refractivity contribution in [1.82, 2.24) is 9.80 Å². The number of amides is 2. The number of aryl methyl sites for hydroxylation is 1. The molecule has 0 bridgehead atoms. The van der Waals surface area contributed by atoms with Gasteiger partial charge in [0.1, 0.15) is 12.4 Å². The summed E-state index contributed by atoms with van der Waals surface area (Å²) >= 11 is 1.61. The molecule has 0 fully saturated rings. The van der Waals surface area contributed by atoms with Crippen LogP contribution in [0.3, 0.4) is 0 Å². The predicted molar refractivity (Wildman–Crippen MR) is 127 cm³/mol. The number of hydrogen-bond donors (Lipinski definition) is 0. The summed E-state index contributed by atoms with van der Waals surface area (Å²) in [6.45, 7) is 7.37. The normalized spacial score (nSPS) is 10.9. The second kappa shape index (κ2) is 11.0. The molecule has 32 heavy (non-hydrogen) atoms. The van der Waals surface area contributed by atoms with Crippen LogP contribution in [0.1, 0.15) is 40.2 Å². The van der Waals surface area contributed by atoms with Gasteiger partial charge in [-0.15, -0.1) is 11.3 Å². The summed E-state index contributed by atoms with van der Waals surface area (Å²) in [4.78, 5) is 31.0. The van der Waals surface area contributed by atoms with Crippen molar-refractivity contribution >= 4 is 23.2 Å². The van der Waals surface area contributed by atoms with Crippen molar-refractivity contribution in [3.63, 3.8) is 0 Å². The molecule has 0 atom stereocenters. The zero-order valence-electron chi connectivity index (χ0n) is 18.8. The van der Waals surface area contributed by atoms with Gasteiger partial charge in [0.15, 0.2) is 0 Å². The highest BCUT2D eigenvalue weighted by molar-refractivity contribution is 7.10. The molecule has 3 aromatic rings. The third-order valence-electron chi connectivity index (χ3n) is 5.16. The van der Waals surface area contributed by atoms with Crippen LogP contribution in [0.2, 0.25) is 0 Å². The van der Waals surface area contributed by atoms with Crippen LogP contribution in [0, 0.1) is 18.7 Å². The zero-order valence-corrected chi connectivity index (χ0v) is 19.6. The van der Waals surface area contributed by atoms with Gasteiger partial charge in [0.2, 0.25) is 5.91 Å². The lowest BCUT2D eigenvalue weighted by molar-refractivity contribution is -0.133. The first-order valence-electron chi connectivity index (χ1n) is 10.7. The molecule has 0 spiro atoms. The lowest BCUT2D eigenvalue weighted by Crippen LogP contribution is -2.43. The highest BCUT2D eigenvalue weighted by Gasteiger charge is 2.24. The first kappa shape index (κ1) is 23.7. The van der Waals surface area contributed by atoms with E-state index in [-0.39, 0.29) is 30.1 Å². The van der Waals surface area contributed by atoms with Crippen molar-refractivity contribution in [2.24, 2.45) is 5.92 Å². The maximum Gasteiger partial charge on any atom is 0.254 e. The number of carbonyl (C=O) groups excluding carboxylic acids is 2. The number of halogens is 1. The smallest absolute Gasteiger partial charge is 0.254 e. The van der Waals surface area contributed by atoms with Gasteiger partial charge in [-0.25, -0.2) is 4.39 Å². The van der Waals surface area contributed by atoms with Crippen molar-refractivity contribution in [3.8, 4) is 0 Å². The molecule has 1 aromatic heterocycles. The highest BCUT2D eigenvalue weighted by Crippen LogP contribution is 2.20. The van der Waals surface area contributed by atoms with Gasteiger partial charge in [0, 0.05) is 23.5 Å². The Morgan fingerprint density at radius 2 is 1.62 bits per heavy atom. The van der Waals surface area contributed by atoms with E-state index in [4.69, 9.17) is 0 Å². The van der Waals surface area contributed by atoms with Gasteiger partial charge in [0.05, 0.1) is 6.54 Å². The molecule has 2 aromatic carbocycles. The van der Waals surface area contributed by atoms with Crippen LogP contribution in [0.25, 0.3) is 0 Å². The largest absolute Gasteiger partial charge is 0.332 e. The first-order chi connectivity index (χ1) is 15.3. The second-order valence-electron chi connectivity index (χ2n) is 8.35. The molecule has 0 unspecified atom stereocenters. The van der Waals surface area contributed by atoms with Gasteiger partial charge in [-0.3, -0.25) is 9.59 Å².